The summed E-state index contributed by atoms with van der Waals surface area (Å²) < 4.78 is 17.2. The molecule has 0 bridgehead atoms. The summed E-state index contributed by atoms with van der Waals surface area (Å²) in [5, 5.41) is 5.21. The second kappa shape index (κ2) is 9.35. The fourth-order valence-corrected chi connectivity index (χ4v) is 4.01. The van der Waals surface area contributed by atoms with Gasteiger partial charge < -0.3 is 19.2 Å². The lowest BCUT2D eigenvalue weighted by Gasteiger charge is -2.13. The Kier molecular flexibility index (Phi) is 5.94. The summed E-state index contributed by atoms with van der Waals surface area (Å²) >= 11 is 0. The van der Waals surface area contributed by atoms with Gasteiger partial charge in [0.25, 0.3) is 5.91 Å². The van der Waals surface area contributed by atoms with E-state index in [1.165, 1.54) is 0 Å². The van der Waals surface area contributed by atoms with Crippen molar-refractivity contribution < 1.29 is 18.7 Å². The van der Waals surface area contributed by atoms with E-state index in [9.17, 15) is 9.59 Å². The fraction of sp³-hybridized carbons (Fsp3) is 0.103. The number of ether oxygens (including phenoxy) is 2. The molecule has 1 amide bonds. The Morgan fingerprint density at radius 3 is 2.49 bits per heavy atom. The molecule has 0 aliphatic carbocycles. The summed E-state index contributed by atoms with van der Waals surface area (Å²) in [4.78, 5) is 26.2. The van der Waals surface area contributed by atoms with Crippen molar-refractivity contribution in [3.8, 4) is 22.8 Å². The average molecular weight is 466 g/mol. The summed E-state index contributed by atoms with van der Waals surface area (Å²) in [5.74, 6) is 0.531. The topological polar surface area (TPSA) is 77.8 Å². The van der Waals surface area contributed by atoms with Crippen LogP contribution in [0, 0.1) is 6.92 Å². The first-order valence-corrected chi connectivity index (χ1v) is 11.2. The van der Waals surface area contributed by atoms with Crippen molar-refractivity contribution in [2.75, 3.05) is 19.0 Å². The van der Waals surface area contributed by atoms with Crippen LogP contribution >= 0.6 is 0 Å². The van der Waals surface area contributed by atoms with Crippen LogP contribution in [0.25, 0.3) is 33.1 Å². The van der Waals surface area contributed by atoms with Gasteiger partial charge in [-0.25, -0.2) is 0 Å². The van der Waals surface area contributed by atoms with Gasteiger partial charge in [-0.1, -0.05) is 48.0 Å². The number of fused-ring (bicyclic) bond motifs is 2. The van der Waals surface area contributed by atoms with Crippen molar-refractivity contribution >= 4 is 33.3 Å². The molecule has 174 valence electrons. The zero-order valence-electron chi connectivity index (χ0n) is 19.3. The van der Waals surface area contributed by atoms with E-state index >= 15 is 0 Å². The van der Waals surface area contributed by atoms with E-state index in [4.69, 9.17) is 13.9 Å². The zero-order valence-corrected chi connectivity index (χ0v) is 19.3. The van der Waals surface area contributed by atoms with E-state index in [1.54, 1.807) is 43.5 Å². The number of aryl methyl sites for hydroxylation is 1. The molecule has 0 spiro atoms. The van der Waals surface area contributed by atoms with Gasteiger partial charge >= 0.3 is 0 Å². The van der Waals surface area contributed by atoms with Crippen LogP contribution in [-0.4, -0.2) is 19.6 Å². The lowest BCUT2D eigenvalue weighted by atomic mass is 10.1. The van der Waals surface area contributed by atoms with Crippen LogP contribution in [0.15, 0.2) is 94.1 Å². The maximum Gasteiger partial charge on any atom is 0.262 e. The first-order chi connectivity index (χ1) is 17.0. The summed E-state index contributed by atoms with van der Waals surface area (Å²) in [7, 11) is 1.58. The van der Waals surface area contributed by atoms with Crippen LogP contribution < -0.4 is 20.2 Å². The standard InChI is InChI=1S/C29H23NO5/c1-18-10-15-25-23(16-18)27(32)29(28(35-25)20-11-13-21(33-2)14-12-20)34-17-26(31)30-24-9-5-7-19-6-3-4-8-22(19)24/h3-16H,17H2,1-2H3,(H,30,31). The molecule has 1 N–H and O–H groups in total. The van der Waals surface area contributed by atoms with Gasteiger partial charge in [0.15, 0.2) is 12.4 Å². The molecule has 4 aromatic carbocycles. The lowest BCUT2D eigenvalue weighted by Crippen LogP contribution is -2.22. The lowest BCUT2D eigenvalue weighted by molar-refractivity contribution is -0.118. The van der Waals surface area contributed by atoms with Crippen molar-refractivity contribution in [1.29, 1.82) is 0 Å². The highest BCUT2D eigenvalue weighted by atomic mass is 16.5. The monoisotopic (exact) mass is 465 g/mol. The number of methoxy groups -OCH3 is 1. The molecule has 0 radical (unpaired) electrons. The molecule has 35 heavy (non-hydrogen) atoms. The smallest absolute Gasteiger partial charge is 0.262 e. The van der Waals surface area contributed by atoms with Gasteiger partial charge in [-0.3, -0.25) is 9.59 Å². The first-order valence-electron chi connectivity index (χ1n) is 11.2. The molecule has 0 fully saturated rings. The average Bonchev–Trinajstić information content (AvgIpc) is 2.88. The van der Waals surface area contributed by atoms with Crippen molar-refractivity contribution in [1.82, 2.24) is 0 Å². The number of nitrogens with one attached hydrogen (secondary N) is 1. The van der Waals surface area contributed by atoms with Crippen LogP contribution in [0.5, 0.6) is 11.5 Å². The third-order valence-electron chi connectivity index (χ3n) is 5.77. The molecule has 0 saturated heterocycles. The molecule has 6 heteroatoms. The van der Waals surface area contributed by atoms with Crippen LogP contribution in [0.2, 0.25) is 0 Å². The Bertz CT molecular complexity index is 1600. The molecule has 0 aliphatic heterocycles. The number of hydrogen-bond donors (Lipinski definition) is 1. The van der Waals surface area contributed by atoms with Gasteiger partial charge in [0.1, 0.15) is 11.3 Å². The molecule has 0 saturated carbocycles. The normalized spacial score (nSPS) is 10.9. The minimum Gasteiger partial charge on any atom is -0.497 e. The maximum absolute atomic E-state index is 13.4. The Morgan fingerprint density at radius 1 is 0.914 bits per heavy atom. The molecule has 0 atom stereocenters. The molecule has 6 nitrogen and oxygen atoms in total. The van der Waals surface area contributed by atoms with E-state index in [1.807, 2.05) is 55.5 Å². The fourth-order valence-electron chi connectivity index (χ4n) is 4.01. The molecule has 0 aliphatic rings. The first kappa shape index (κ1) is 22.2. The summed E-state index contributed by atoms with van der Waals surface area (Å²) in [6.45, 7) is 1.54. The minimum absolute atomic E-state index is 0.0127. The Hall–Kier alpha value is -4.58. The second-order valence-corrected chi connectivity index (χ2v) is 8.18. The van der Waals surface area contributed by atoms with E-state index in [2.05, 4.69) is 5.32 Å². The number of benzene rings is 4. The second-order valence-electron chi connectivity index (χ2n) is 8.18. The molecular formula is C29H23NO5. The summed E-state index contributed by atoms with van der Waals surface area (Å²) in [6.07, 6.45) is 0. The third kappa shape index (κ3) is 4.46. The Morgan fingerprint density at radius 2 is 1.69 bits per heavy atom. The number of amides is 1. The molecule has 1 heterocycles. The highest BCUT2D eigenvalue weighted by Gasteiger charge is 2.19. The van der Waals surface area contributed by atoms with E-state index in [0.29, 0.717) is 28.0 Å². The van der Waals surface area contributed by atoms with Gasteiger partial charge in [0.2, 0.25) is 11.2 Å². The van der Waals surface area contributed by atoms with Gasteiger partial charge in [-0.2, -0.15) is 0 Å². The van der Waals surface area contributed by atoms with Crippen molar-refractivity contribution in [2.24, 2.45) is 0 Å². The number of carbonyl (C=O) groups excluding carboxylic acids is 1. The predicted octanol–water partition coefficient (Wildman–Crippen LogP) is 5.95. The van der Waals surface area contributed by atoms with Crippen LogP contribution in [-0.2, 0) is 4.79 Å². The van der Waals surface area contributed by atoms with Gasteiger partial charge in [0.05, 0.1) is 12.5 Å². The molecule has 5 aromatic rings. The molecule has 0 unspecified atom stereocenters. The zero-order chi connectivity index (χ0) is 24.4. The number of anilines is 1. The van der Waals surface area contributed by atoms with E-state index < -0.39 is 0 Å². The largest absolute Gasteiger partial charge is 0.497 e. The number of carbonyl (C=O) groups is 1. The number of hydrogen-bond acceptors (Lipinski definition) is 5. The molecule has 1 aromatic heterocycles. The minimum atomic E-state index is -0.384. The summed E-state index contributed by atoms with van der Waals surface area (Å²) in [5.41, 5.74) is 2.34. The van der Waals surface area contributed by atoms with Crippen LogP contribution in [0.1, 0.15) is 5.56 Å². The SMILES string of the molecule is COc1ccc(-c2oc3ccc(C)cc3c(=O)c2OCC(=O)Nc2cccc3ccccc23)cc1. The summed E-state index contributed by atoms with van der Waals surface area (Å²) in [6, 6.07) is 25.9. The maximum atomic E-state index is 13.4. The van der Waals surface area contributed by atoms with Crippen molar-refractivity contribution in [2.45, 2.75) is 6.92 Å². The van der Waals surface area contributed by atoms with E-state index in [-0.39, 0.29) is 29.5 Å². The number of rotatable bonds is 6. The molecular weight excluding hydrogens is 442 g/mol. The molecule has 5 rings (SSSR count). The van der Waals surface area contributed by atoms with Gasteiger partial charge in [-0.05, 0) is 54.8 Å². The quantitative estimate of drug-likeness (QED) is 0.335. The highest BCUT2D eigenvalue weighted by molar-refractivity contribution is 6.02. The van der Waals surface area contributed by atoms with E-state index in [0.717, 1.165) is 16.3 Å². The van der Waals surface area contributed by atoms with Gasteiger partial charge in [-0.15, -0.1) is 0 Å². The highest BCUT2D eigenvalue weighted by Crippen LogP contribution is 2.32. The van der Waals surface area contributed by atoms with Gasteiger partial charge in [0, 0.05) is 16.6 Å². The third-order valence-corrected chi connectivity index (χ3v) is 5.77. The Balaban J connectivity index is 1.49. The predicted molar refractivity (Wildman–Crippen MR) is 137 cm³/mol. The van der Waals surface area contributed by atoms with Crippen molar-refractivity contribution in [3.63, 3.8) is 0 Å². The Labute approximate surface area is 201 Å². The van der Waals surface area contributed by atoms with Crippen LogP contribution in [0.4, 0.5) is 5.69 Å². The van der Waals surface area contributed by atoms with Crippen molar-refractivity contribution in [3.05, 3.63) is 101 Å². The van der Waals surface area contributed by atoms with Crippen LogP contribution in [0.3, 0.4) is 0 Å².